The van der Waals surface area contributed by atoms with E-state index in [-0.39, 0.29) is 12.1 Å². The number of fused-ring (bicyclic) bond motifs is 1. The minimum absolute atomic E-state index is 0.00557. The van der Waals surface area contributed by atoms with E-state index in [1.807, 2.05) is 56.3 Å². The Balaban J connectivity index is 1.58. The largest absolute Gasteiger partial charge is 0.486 e. The summed E-state index contributed by atoms with van der Waals surface area (Å²) in [6.07, 6.45) is 1.89. The summed E-state index contributed by atoms with van der Waals surface area (Å²) in [4.78, 5) is 17.1. The molecule has 1 saturated heterocycles. The van der Waals surface area contributed by atoms with Gasteiger partial charge < -0.3 is 24.6 Å². The van der Waals surface area contributed by atoms with Gasteiger partial charge >= 0.3 is 6.03 Å². The molecular weight excluding hydrogens is 354 g/mol. The van der Waals surface area contributed by atoms with Gasteiger partial charge in [-0.3, -0.25) is 0 Å². The van der Waals surface area contributed by atoms with Crippen molar-refractivity contribution in [2.24, 2.45) is 0 Å². The van der Waals surface area contributed by atoms with Gasteiger partial charge in [0.2, 0.25) is 0 Å². The molecule has 2 amide bonds. The first-order valence-electron chi connectivity index (χ1n) is 9.79. The smallest absolute Gasteiger partial charge is 0.322 e. The van der Waals surface area contributed by atoms with Crippen molar-refractivity contribution < 1.29 is 14.3 Å². The Labute approximate surface area is 166 Å². The third-order valence-corrected chi connectivity index (χ3v) is 5.50. The SMILES string of the molecule is Cc1c(NC(=O)N2CCCC2c2cccc3c2OCCO3)cccc1N(C)C. The maximum atomic E-state index is 13.1. The highest BCUT2D eigenvalue weighted by molar-refractivity contribution is 5.91. The van der Waals surface area contributed by atoms with E-state index in [1.165, 1.54) is 0 Å². The van der Waals surface area contributed by atoms with E-state index < -0.39 is 0 Å². The van der Waals surface area contributed by atoms with E-state index in [1.54, 1.807) is 0 Å². The van der Waals surface area contributed by atoms with Crippen molar-refractivity contribution >= 4 is 17.4 Å². The Hall–Kier alpha value is -2.89. The van der Waals surface area contributed by atoms with Crippen LogP contribution in [0.2, 0.25) is 0 Å². The lowest BCUT2D eigenvalue weighted by atomic mass is 10.0. The number of para-hydroxylation sites is 1. The summed E-state index contributed by atoms with van der Waals surface area (Å²) in [6, 6.07) is 11.8. The number of rotatable bonds is 3. The van der Waals surface area contributed by atoms with Gasteiger partial charge in [-0.2, -0.15) is 0 Å². The van der Waals surface area contributed by atoms with Gasteiger partial charge in [-0.25, -0.2) is 4.79 Å². The molecule has 2 heterocycles. The molecule has 1 N–H and O–H groups in total. The highest BCUT2D eigenvalue weighted by atomic mass is 16.6. The number of likely N-dealkylation sites (tertiary alicyclic amines) is 1. The van der Waals surface area contributed by atoms with Gasteiger partial charge in [0.25, 0.3) is 0 Å². The number of hydrogen-bond acceptors (Lipinski definition) is 4. The van der Waals surface area contributed by atoms with E-state index in [4.69, 9.17) is 9.47 Å². The van der Waals surface area contributed by atoms with Gasteiger partial charge in [-0.15, -0.1) is 0 Å². The van der Waals surface area contributed by atoms with E-state index in [0.29, 0.717) is 13.2 Å². The summed E-state index contributed by atoms with van der Waals surface area (Å²) in [5.74, 6) is 1.55. The molecule has 2 aromatic carbocycles. The lowest BCUT2D eigenvalue weighted by molar-refractivity contribution is 0.165. The van der Waals surface area contributed by atoms with Gasteiger partial charge in [0, 0.05) is 37.6 Å². The van der Waals surface area contributed by atoms with Crippen LogP contribution in [0.4, 0.5) is 16.2 Å². The summed E-state index contributed by atoms with van der Waals surface area (Å²) < 4.78 is 11.6. The summed E-state index contributed by atoms with van der Waals surface area (Å²) in [7, 11) is 4.01. The lowest BCUT2D eigenvalue weighted by Crippen LogP contribution is -2.35. The normalized spacial score (nSPS) is 18.1. The number of carbonyl (C=O) groups excluding carboxylic acids is 1. The molecule has 1 fully saturated rings. The molecule has 28 heavy (non-hydrogen) atoms. The number of nitrogens with one attached hydrogen (secondary N) is 1. The molecule has 0 saturated carbocycles. The number of ether oxygens (including phenoxy) is 2. The van der Waals surface area contributed by atoms with Crippen molar-refractivity contribution in [1.82, 2.24) is 4.90 Å². The Morgan fingerprint density at radius 1 is 1.14 bits per heavy atom. The van der Waals surface area contributed by atoms with Crippen molar-refractivity contribution in [3.05, 3.63) is 47.5 Å². The van der Waals surface area contributed by atoms with E-state index in [9.17, 15) is 4.79 Å². The van der Waals surface area contributed by atoms with Crippen LogP contribution in [0.3, 0.4) is 0 Å². The summed E-state index contributed by atoms with van der Waals surface area (Å²) >= 11 is 0. The standard InChI is InChI=1S/C22H27N3O3/c1-15-17(8-5-9-18(15)24(2)3)23-22(26)25-12-6-10-19(25)16-7-4-11-20-21(16)28-14-13-27-20/h4-5,7-9,11,19H,6,10,12-14H2,1-3H3,(H,23,26). The average Bonchev–Trinajstić information content (AvgIpc) is 3.18. The molecule has 2 aromatic rings. The van der Waals surface area contributed by atoms with Crippen LogP contribution in [0.1, 0.15) is 30.0 Å². The van der Waals surface area contributed by atoms with E-state index in [0.717, 1.165) is 53.4 Å². The molecule has 0 aromatic heterocycles. The lowest BCUT2D eigenvalue weighted by Gasteiger charge is -2.29. The van der Waals surface area contributed by atoms with Crippen molar-refractivity contribution in [3.8, 4) is 11.5 Å². The maximum absolute atomic E-state index is 13.1. The molecule has 0 bridgehead atoms. The second kappa shape index (κ2) is 7.62. The molecule has 0 aliphatic carbocycles. The average molecular weight is 381 g/mol. The number of hydrogen-bond donors (Lipinski definition) is 1. The number of urea groups is 1. The van der Waals surface area contributed by atoms with Crippen LogP contribution in [0.15, 0.2) is 36.4 Å². The molecule has 0 spiro atoms. The third-order valence-electron chi connectivity index (χ3n) is 5.50. The molecule has 2 aliphatic heterocycles. The van der Waals surface area contributed by atoms with Crippen LogP contribution < -0.4 is 19.7 Å². The molecule has 6 heteroatoms. The molecule has 1 atom stereocenters. The topological polar surface area (TPSA) is 54.0 Å². The quantitative estimate of drug-likeness (QED) is 0.866. The molecule has 1 unspecified atom stereocenters. The van der Waals surface area contributed by atoms with E-state index in [2.05, 4.69) is 16.3 Å². The molecule has 2 aliphatic rings. The Bertz CT molecular complexity index is 881. The van der Waals surface area contributed by atoms with Crippen LogP contribution in [0, 0.1) is 6.92 Å². The van der Waals surface area contributed by atoms with Crippen molar-refractivity contribution in [3.63, 3.8) is 0 Å². The number of benzene rings is 2. The summed E-state index contributed by atoms with van der Waals surface area (Å²) in [5.41, 5.74) is 4.03. The zero-order valence-corrected chi connectivity index (χ0v) is 16.7. The zero-order chi connectivity index (χ0) is 19.7. The fraction of sp³-hybridized carbons (Fsp3) is 0.409. The number of amides is 2. The predicted octanol–water partition coefficient (Wildman–Crippen LogP) is 4.20. The molecule has 148 valence electrons. The van der Waals surface area contributed by atoms with Crippen molar-refractivity contribution in [1.29, 1.82) is 0 Å². The number of carbonyl (C=O) groups is 1. The third kappa shape index (κ3) is 3.35. The van der Waals surface area contributed by atoms with Crippen molar-refractivity contribution in [2.45, 2.75) is 25.8 Å². The van der Waals surface area contributed by atoms with Gasteiger partial charge in [-0.1, -0.05) is 18.2 Å². The van der Waals surface area contributed by atoms with Crippen LogP contribution in [-0.2, 0) is 0 Å². The first-order valence-corrected chi connectivity index (χ1v) is 9.79. The summed E-state index contributed by atoms with van der Waals surface area (Å²) in [5, 5.41) is 3.12. The molecule has 4 rings (SSSR count). The number of anilines is 2. The Morgan fingerprint density at radius 2 is 1.93 bits per heavy atom. The minimum atomic E-state index is -0.0733. The minimum Gasteiger partial charge on any atom is -0.486 e. The maximum Gasteiger partial charge on any atom is 0.322 e. The monoisotopic (exact) mass is 381 g/mol. The predicted molar refractivity (Wildman–Crippen MR) is 111 cm³/mol. The highest BCUT2D eigenvalue weighted by Gasteiger charge is 2.33. The molecule has 6 nitrogen and oxygen atoms in total. The van der Waals surface area contributed by atoms with E-state index >= 15 is 0 Å². The van der Waals surface area contributed by atoms with Crippen LogP contribution in [-0.4, -0.2) is 44.8 Å². The van der Waals surface area contributed by atoms with Gasteiger partial charge in [0.05, 0.1) is 6.04 Å². The summed E-state index contributed by atoms with van der Waals surface area (Å²) in [6.45, 7) is 3.87. The fourth-order valence-corrected chi connectivity index (χ4v) is 4.12. The first kappa shape index (κ1) is 18.5. The Kier molecular flexibility index (Phi) is 5.03. The Morgan fingerprint density at radius 3 is 2.75 bits per heavy atom. The second-order valence-corrected chi connectivity index (χ2v) is 7.50. The zero-order valence-electron chi connectivity index (χ0n) is 16.7. The van der Waals surface area contributed by atoms with Gasteiger partial charge in [0.15, 0.2) is 11.5 Å². The molecular formula is C22H27N3O3. The highest BCUT2D eigenvalue weighted by Crippen LogP contribution is 2.43. The van der Waals surface area contributed by atoms with Crippen LogP contribution in [0.5, 0.6) is 11.5 Å². The van der Waals surface area contributed by atoms with Gasteiger partial charge in [0.1, 0.15) is 13.2 Å². The first-order chi connectivity index (χ1) is 13.6. The van der Waals surface area contributed by atoms with Crippen LogP contribution in [0.25, 0.3) is 0 Å². The fourth-order valence-electron chi connectivity index (χ4n) is 4.12. The second-order valence-electron chi connectivity index (χ2n) is 7.50. The van der Waals surface area contributed by atoms with Crippen molar-refractivity contribution in [2.75, 3.05) is 44.1 Å². The number of nitrogens with zero attached hydrogens (tertiary/aromatic N) is 2. The van der Waals surface area contributed by atoms with Crippen LogP contribution >= 0.6 is 0 Å². The van der Waals surface area contributed by atoms with Gasteiger partial charge in [-0.05, 0) is 43.5 Å². The molecule has 0 radical (unpaired) electrons.